The van der Waals surface area contributed by atoms with Crippen molar-refractivity contribution < 1.29 is 23.7 Å². The van der Waals surface area contributed by atoms with Crippen molar-refractivity contribution in [3.63, 3.8) is 0 Å². The number of nitriles is 1. The van der Waals surface area contributed by atoms with Crippen LogP contribution in [0.4, 0.5) is 0 Å². The second-order valence-electron chi connectivity index (χ2n) is 6.44. The number of nitrogens with two attached hydrogens (primary N) is 1. The van der Waals surface area contributed by atoms with Gasteiger partial charge < -0.3 is 24.7 Å². The van der Waals surface area contributed by atoms with E-state index in [1.54, 1.807) is 6.92 Å². The van der Waals surface area contributed by atoms with Gasteiger partial charge in [0.15, 0.2) is 0 Å². The lowest BCUT2D eigenvalue weighted by atomic mass is 10.1. The summed E-state index contributed by atoms with van der Waals surface area (Å²) in [7, 11) is 0. The van der Waals surface area contributed by atoms with E-state index in [-0.39, 0.29) is 19.0 Å². The molecule has 2 N–H and O–H groups in total. The van der Waals surface area contributed by atoms with Gasteiger partial charge in [-0.2, -0.15) is 5.26 Å². The minimum atomic E-state index is -0.798. The Balaban J connectivity index is 2.13. The van der Waals surface area contributed by atoms with Gasteiger partial charge in [0.1, 0.15) is 11.4 Å². The molecule has 1 aromatic rings. The zero-order valence-corrected chi connectivity index (χ0v) is 19.0. The maximum absolute atomic E-state index is 11.9. The number of hydrogen-bond acceptors (Lipinski definition) is 9. The molecule has 0 saturated heterocycles. The molecule has 0 bridgehead atoms. The number of carbonyl (C=O) groups excluding carboxylic acids is 1. The molecule has 0 fully saturated rings. The van der Waals surface area contributed by atoms with Crippen LogP contribution in [-0.4, -0.2) is 67.7 Å². The van der Waals surface area contributed by atoms with Gasteiger partial charge in [0, 0.05) is 13.0 Å². The van der Waals surface area contributed by atoms with Crippen LogP contribution < -0.4 is 5.73 Å². The van der Waals surface area contributed by atoms with E-state index < -0.39 is 4.75 Å². The molecular formula is C21H30N2O5S2. The van der Waals surface area contributed by atoms with E-state index in [0.717, 1.165) is 5.56 Å². The number of esters is 1. The summed E-state index contributed by atoms with van der Waals surface area (Å²) >= 11 is 6.72. The number of thiocarbonyl (C=S) groups is 1. The summed E-state index contributed by atoms with van der Waals surface area (Å²) in [6.07, 6.45) is 0.487. The molecule has 1 aromatic carbocycles. The van der Waals surface area contributed by atoms with Gasteiger partial charge in [0.25, 0.3) is 0 Å². The molecular weight excluding hydrogens is 424 g/mol. The van der Waals surface area contributed by atoms with Crippen LogP contribution in [0.25, 0.3) is 0 Å². The molecule has 7 nitrogen and oxygen atoms in total. The Morgan fingerprint density at radius 1 is 1.07 bits per heavy atom. The van der Waals surface area contributed by atoms with E-state index in [1.807, 2.05) is 30.3 Å². The third-order valence-electron chi connectivity index (χ3n) is 3.87. The third-order valence-corrected chi connectivity index (χ3v) is 5.52. The highest BCUT2D eigenvalue weighted by Crippen LogP contribution is 2.33. The van der Waals surface area contributed by atoms with E-state index in [2.05, 4.69) is 6.07 Å². The van der Waals surface area contributed by atoms with Gasteiger partial charge in [-0.15, -0.1) is 0 Å². The first-order valence-electron chi connectivity index (χ1n) is 9.79. The Hall–Kier alpha value is -1.54. The van der Waals surface area contributed by atoms with Gasteiger partial charge in [-0.3, -0.25) is 4.79 Å². The van der Waals surface area contributed by atoms with Crippen molar-refractivity contribution in [3.8, 4) is 6.07 Å². The Labute approximate surface area is 188 Å². The zero-order valence-electron chi connectivity index (χ0n) is 17.3. The van der Waals surface area contributed by atoms with E-state index in [1.165, 1.54) is 11.8 Å². The maximum Gasteiger partial charge on any atom is 0.305 e. The van der Waals surface area contributed by atoms with Crippen molar-refractivity contribution in [3.05, 3.63) is 35.9 Å². The lowest BCUT2D eigenvalue weighted by Crippen LogP contribution is -2.22. The summed E-state index contributed by atoms with van der Waals surface area (Å²) in [6.45, 7) is 5.11. The topological polar surface area (TPSA) is 104 Å². The first-order valence-corrected chi connectivity index (χ1v) is 11.0. The second-order valence-corrected chi connectivity index (χ2v) is 8.62. The van der Waals surface area contributed by atoms with Crippen LogP contribution in [0.5, 0.6) is 0 Å². The Kier molecular flexibility index (Phi) is 14.3. The van der Waals surface area contributed by atoms with Crippen molar-refractivity contribution in [1.29, 1.82) is 5.26 Å². The molecule has 1 atom stereocenters. The summed E-state index contributed by atoms with van der Waals surface area (Å²) in [5.74, 6) is -0.361. The lowest BCUT2D eigenvalue weighted by molar-refractivity contribution is -0.145. The highest BCUT2D eigenvalue weighted by atomic mass is 32.2. The fourth-order valence-electron chi connectivity index (χ4n) is 2.22. The molecule has 9 heteroatoms. The Morgan fingerprint density at radius 3 is 2.20 bits per heavy atom. The predicted octanol–water partition coefficient (Wildman–Crippen LogP) is 2.71. The summed E-state index contributed by atoms with van der Waals surface area (Å²) in [5.41, 5.74) is 6.20. The standard InChI is InChI=1S/C21H30N2O5S2/c1-21(17-23,30-20(29)18-5-3-2-4-6-18)8-7-19(24)28-16-15-27-14-13-26-12-11-25-10-9-22/h2-6H,7-16,22H2,1H3. The lowest BCUT2D eigenvalue weighted by Gasteiger charge is -2.20. The molecule has 0 spiro atoms. The highest BCUT2D eigenvalue weighted by molar-refractivity contribution is 8.24. The van der Waals surface area contributed by atoms with Crippen molar-refractivity contribution in [2.45, 2.75) is 24.5 Å². The van der Waals surface area contributed by atoms with Gasteiger partial charge in [-0.25, -0.2) is 0 Å². The van der Waals surface area contributed by atoms with E-state index >= 15 is 0 Å². The number of rotatable bonds is 16. The Bertz CT molecular complexity index is 669. The molecule has 0 saturated carbocycles. The highest BCUT2D eigenvalue weighted by Gasteiger charge is 2.28. The van der Waals surface area contributed by atoms with Gasteiger partial charge in [-0.1, -0.05) is 54.3 Å². The fourth-order valence-corrected chi connectivity index (χ4v) is 3.82. The summed E-state index contributed by atoms with van der Waals surface area (Å²) in [6, 6.07) is 11.8. The molecule has 0 radical (unpaired) electrons. The molecule has 1 rings (SSSR count). The first-order chi connectivity index (χ1) is 14.5. The van der Waals surface area contributed by atoms with Crippen molar-refractivity contribution in [2.75, 3.05) is 52.8 Å². The van der Waals surface area contributed by atoms with E-state index in [0.29, 0.717) is 56.8 Å². The van der Waals surface area contributed by atoms with Crippen molar-refractivity contribution in [1.82, 2.24) is 0 Å². The molecule has 0 aliphatic heterocycles. The van der Waals surface area contributed by atoms with Crippen molar-refractivity contribution >= 4 is 34.1 Å². The monoisotopic (exact) mass is 454 g/mol. The van der Waals surface area contributed by atoms with Crippen LogP contribution in [0, 0.1) is 11.3 Å². The molecule has 0 heterocycles. The second kappa shape index (κ2) is 16.2. The van der Waals surface area contributed by atoms with Crippen LogP contribution in [0.15, 0.2) is 30.3 Å². The average molecular weight is 455 g/mol. The van der Waals surface area contributed by atoms with Crippen LogP contribution in [0.2, 0.25) is 0 Å². The van der Waals surface area contributed by atoms with Gasteiger partial charge in [0.05, 0.1) is 49.9 Å². The minimum Gasteiger partial charge on any atom is -0.463 e. The van der Waals surface area contributed by atoms with E-state index in [9.17, 15) is 10.1 Å². The quantitative estimate of drug-likeness (QED) is 0.229. The third kappa shape index (κ3) is 12.2. The SMILES string of the molecule is CC(C#N)(CCC(=O)OCCOCCOCCOCCN)SC(=S)c1ccccc1. The molecule has 0 amide bonds. The molecule has 0 aliphatic carbocycles. The zero-order chi connectivity index (χ0) is 22.1. The van der Waals surface area contributed by atoms with Crippen LogP contribution in [-0.2, 0) is 23.7 Å². The molecule has 166 valence electrons. The summed E-state index contributed by atoms with van der Waals surface area (Å²) in [5, 5.41) is 9.54. The van der Waals surface area contributed by atoms with Crippen LogP contribution in [0.1, 0.15) is 25.3 Å². The number of hydrogen-bond donors (Lipinski definition) is 1. The molecule has 0 aliphatic rings. The Morgan fingerprint density at radius 2 is 1.63 bits per heavy atom. The molecule has 30 heavy (non-hydrogen) atoms. The summed E-state index contributed by atoms with van der Waals surface area (Å²) in [4.78, 5) is 11.9. The van der Waals surface area contributed by atoms with Gasteiger partial charge in [-0.05, 0) is 18.9 Å². The average Bonchev–Trinajstić information content (AvgIpc) is 2.76. The number of benzene rings is 1. The molecule has 0 aromatic heterocycles. The van der Waals surface area contributed by atoms with Crippen LogP contribution in [0.3, 0.4) is 0 Å². The summed E-state index contributed by atoms with van der Waals surface area (Å²) < 4.78 is 20.8. The number of carbonyl (C=O) groups is 1. The largest absolute Gasteiger partial charge is 0.463 e. The first kappa shape index (κ1) is 26.5. The normalized spacial score (nSPS) is 12.7. The smallest absolute Gasteiger partial charge is 0.305 e. The number of nitrogens with zero attached hydrogens (tertiary/aromatic N) is 1. The predicted molar refractivity (Wildman–Crippen MR) is 121 cm³/mol. The number of thioether (sulfide) groups is 1. The van der Waals surface area contributed by atoms with Crippen LogP contribution >= 0.6 is 24.0 Å². The minimum absolute atomic E-state index is 0.139. The molecule has 1 unspecified atom stereocenters. The van der Waals surface area contributed by atoms with E-state index in [4.69, 9.17) is 36.9 Å². The van der Waals surface area contributed by atoms with Gasteiger partial charge >= 0.3 is 5.97 Å². The fraction of sp³-hybridized carbons (Fsp3) is 0.571. The maximum atomic E-state index is 11.9. The van der Waals surface area contributed by atoms with Gasteiger partial charge in [0.2, 0.25) is 0 Å². The van der Waals surface area contributed by atoms with Crippen molar-refractivity contribution in [2.24, 2.45) is 5.73 Å². The number of ether oxygens (including phenoxy) is 4.